The van der Waals surface area contributed by atoms with Crippen LogP contribution < -0.4 is 0 Å². The summed E-state index contributed by atoms with van der Waals surface area (Å²) in [5.41, 5.74) is 0.959. The molecule has 0 fully saturated rings. The first-order chi connectivity index (χ1) is 10.1. The lowest BCUT2D eigenvalue weighted by Gasteiger charge is -2.16. The van der Waals surface area contributed by atoms with Crippen molar-refractivity contribution in [2.75, 3.05) is 0 Å². The molecule has 0 amide bonds. The molecule has 0 saturated carbocycles. The van der Waals surface area contributed by atoms with Crippen molar-refractivity contribution in [3.63, 3.8) is 0 Å². The zero-order valence-electron chi connectivity index (χ0n) is 10.9. The van der Waals surface area contributed by atoms with E-state index in [4.69, 9.17) is 0 Å². The molecule has 0 heterocycles. The highest BCUT2D eigenvalue weighted by Gasteiger charge is 2.18. The Morgan fingerprint density at radius 1 is 0.857 bits per heavy atom. The van der Waals surface area contributed by atoms with Gasteiger partial charge in [0.25, 0.3) is 0 Å². The standard InChI is InChI=1S/C17H11Br2FO/c18-10-5-6-14(16(20)9-10)17(21)13-7-8-15(19)12-4-2-1-3-11(12)13/h1-9,17,21H. The molecule has 3 aromatic rings. The number of rotatable bonds is 2. The van der Waals surface area contributed by atoms with Crippen LogP contribution in [0.25, 0.3) is 10.8 Å². The van der Waals surface area contributed by atoms with Gasteiger partial charge in [0.15, 0.2) is 0 Å². The number of halogens is 3. The minimum Gasteiger partial charge on any atom is -0.384 e. The summed E-state index contributed by atoms with van der Waals surface area (Å²) >= 11 is 6.72. The average molecular weight is 410 g/mol. The summed E-state index contributed by atoms with van der Waals surface area (Å²) in [7, 11) is 0. The summed E-state index contributed by atoms with van der Waals surface area (Å²) in [6.45, 7) is 0. The quantitative estimate of drug-likeness (QED) is 0.585. The van der Waals surface area contributed by atoms with Crippen LogP contribution in [0.2, 0.25) is 0 Å². The minimum atomic E-state index is -1.00. The zero-order chi connectivity index (χ0) is 15.0. The van der Waals surface area contributed by atoms with Gasteiger partial charge < -0.3 is 5.11 Å². The number of fused-ring (bicyclic) bond motifs is 1. The number of benzene rings is 3. The Kier molecular flexibility index (Phi) is 4.11. The number of hydrogen-bond acceptors (Lipinski definition) is 1. The molecule has 0 aliphatic heterocycles. The van der Waals surface area contributed by atoms with E-state index in [1.165, 1.54) is 6.07 Å². The summed E-state index contributed by atoms with van der Waals surface area (Å²) in [5, 5.41) is 12.5. The Labute approximate surface area is 138 Å². The van der Waals surface area contributed by atoms with Crippen LogP contribution in [0.1, 0.15) is 17.2 Å². The summed E-state index contributed by atoms with van der Waals surface area (Å²) in [6.07, 6.45) is -1.00. The van der Waals surface area contributed by atoms with Gasteiger partial charge in [-0.15, -0.1) is 0 Å². The molecule has 0 aliphatic rings. The first kappa shape index (κ1) is 14.7. The van der Waals surface area contributed by atoms with Crippen LogP contribution in [0.3, 0.4) is 0 Å². The molecular weight excluding hydrogens is 399 g/mol. The zero-order valence-corrected chi connectivity index (χ0v) is 14.0. The summed E-state index contributed by atoms with van der Waals surface area (Å²) in [6, 6.07) is 16.1. The maximum Gasteiger partial charge on any atom is 0.130 e. The first-order valence-corrected chi connectivity index (χ1v) is 7.96. The van der Waals surface area contributed by atoms with Crippen LogP contribution in [0.15, 0.2) is 63.5 Å². The maximum absolute atomic E-state index is 14.1. The van der Waals surface area contributed by atoms with Gasteiger partial charge in [-0.3, -0.25) is 0 Å². The average Bonchev–Trinajstić information content (AvgIpc) is 2.47. The van der Waals surface area contributed by atoms with Crippen LogP contribution in [-0.2, 0) is 0 Å². The smallest absolute Gasteiger partial charge is 0.130 e. The summed E-state index contributed by atoms with van der Waals surface area (Å²) in [5.74, 6) is -0.427. The third kappa shape index (κ3) is 2.76. The van der Waals surface area contributed by atoms with Crippen molar-refractivity contribution in [1.82, 2.24) is 0 Å². The fourth-order valence-corrected chi connectivity index (χ4v) is 3.23. The lowest BCUT2D eigenvalue weighted by atomic mass is 9.95. The Balaban J connectivity index is 2.18. The van der Waals surface area contributed by atoms with Crippen LogP contribution in [-0.4, -0.2) is 5.11 Å². The second-order valence-corrected chi connectivity index (χ2v) is 6.52. The molecule has 3 rings (SSSR count). The lowest BCUT2D eigenvalue weighted by Crippen LogP contribution is -2.03. The van der Waals surface area contributed by atoms with Crippen LogP contribution in [0.5, 0.6) is 0 Å². The van der Waals surface area contributed by atoms with Gasteiger partial charge in [-0.05, 0) is 34.5 Å². The second kappa shape index (κ2) is 5.87. The van der Waals surface area contributed by atoms with Crippen molar-refractivity contribution in [2.45, 2.75) is 6.10 Å². The van der Waals surface area contributed by atoms with E-state index >= 15 is 0 Å². The molecule has 3 aromatic carbocycles. The van der Waals surface area contributed by atoms with Gasteiger partial charge in [-0.1, -0.05) is 68.3 Å². The largest absolute Gasteiger partial charge is 0.384 e. The van der Waals surface area contributed by atoms with Crippen molar-refractivity contribution in [3.8, 4) is 0 Å². The van der Waals surface area contributed by atoms with E-state index in [0.717, 1.165) is 15.2 Å². The van der Waals surface area contributed by atoms with Gasteiger partial charge in [0.2, 0.25) is 0 Å². The van der Waals surface area contributed by atoms with E-state index < -0.39 is 11.9 Å². The molecule has 1 atom stereocenters. The lowest BCUT2D eigenvalue weighted by molar-refractivity contribution is 0.216. The Bertz CT molecular complexity index is 817. The third-order valence-corrected chi connectivity index (χ3v) is 4.64. The highest BCUT2D eigenvalue weighted by Crippen LogP contribution is 2.34. The molecule has 0 saturated heterocycles. The van der Waals surface area contributed by atoms with Crippen molar-refractivity contribution in [1.29, 1.82) is 0 Å². The molecule has 4 heteroatoms. The van der Waals surface area contributed by atoms with Crippen molar-refractivity contribution in [2.24, 2.45) is 0 Å². The third-order valence-electron chi connectivity index (χ3n) is 3.46. The summed E-state index contributed by atoms with van der Waals surface area (Å²) in [4.78, 5) is 0. The molecule has 0 aromatic heterocycles. The van der Waals surface area contributed by atoms with Gasteiger partial charge in [-0.25, -0.2) is 4.39 Å². The molecule has 0 spiro atoms. The second-order valence-electron chi connectivity index (χ2n) is 4.75. The normalized spacial score (nSPS) is 12.6. The van der Waals surface area contributed by atoms with Gasteiger partial charge >= 0.3 is 0 Å². The SMILES string of the molecule is OC(c1ccc(Br)cc1F)c1ccc(Br)c2ccccc12. The number of aliphatic hydroxyl groups excluding tert-OH is 1. The Hall–Kier alpha value is -1.23. The van der Waals surface area contributed by atoms with Crippen molar-refractivity contribution in [3.05, 3.63) is 80.5 Å². The highest BCUT2D eigenvalue weighted by atomic mass is 79.9. The van der Waals surface area contributed by atoms with Gasteiger partial charge in [0, 0.05) is 14.5 Å². The van der Waals surface area contributed by atoms with Crippen LogP contribution in [0.4, 0.5) is 4.39 Å². The van der Waals surface area contributed by atoms with Crippen LogP contribution >= 0.6 is 31.9 Å². The van der Waals surface area contributed by atoms with Gasteiger partial charge in [-0.2, -0.15) is 0 Å². The van der Waals surface area contributed by atoms with E-state index in [1.807, 2.05) is 36.4 Å². The maximum atomic E-state index is 14.1. The Morgan fingerprint density at radius 3 is 2.24 bits per heavy atom. The number of aliphatic hydroxyl groups is 1. The number of hydrogen-bond donors (Lipinski definition) is 1. The molecule has 1 unspecified atom stereocenters. The molecule has 106 valence electrons. The Morgan fingerprint density at radius 2 is 1.52 bits per heavy atom. The van der Waals surface area contributed by atoms with E-state index in [0.29, 0.717) is 10.0 Å². The van der Waals surface area contributed by atoms with Crippen molar-refractivity contribution < 1.29 is 9.50 Å². The highest BCUT2D eigenvalue weighted by molar-refractivity contribution is 9.11. The van der Waals surface area contributed by atoms with E-state index in [2.05, 4.69) is 31.9 Å². The molecule has 0 aliphatic carbocycles. The van der Waals surface area contributed by atoms with E-state index in [-0.39, 0.29) is 5.56 Å². The van der Waals surface area contributed by atoms with Crippen LogP contribution in [0, 0.1) is 5.82 Å². The van der Waals surface area contributed by atoms with E-state index in [9.17, 15) is 9.50 Å². The molecule has 0 bridgehead atoms. The first-order valence-electron chi connectivity index (χ1n) is 6.38. The van der Waals surface area contributed by atoms with Crippen molar-refractivity contribution >= 4 is 42.6 Å². The van der Waals surface area contributed by atoms with Gasteiger partial charge in [0.1, 0.15) is 11.9 Å². The summed E-state index contributed by atoms with van der Waals surface area (Å²) < 4.78 is 15.7. The predicted octanol–water partition coefficient (Wildman–Crippen LogP) is 5.59. The molecule has 1 N–H and O–H groups in total. The fraction of sp³-hybridized carbons (Fsp3) is 0.0588. The topological polar surface area (TPSA) is 20.2 Å². The van der Waals surface area contributed by atoms with E-state index in [1.54, 1.807) is 12.1 Å². The molecular formula is C17H11Br2FO. The monoisotopic (exact) mass is 408 g/mol. The predicted molar refractivity (Wildman–Crippen MR) is 89.8 cm³/mol. The molecule has 21 heavy (non-hydrogen) atoms. The fourth-order valence-electron chi connectivity index (χ4n) is 2.41. The molecule has 0 radical (unpaired) electrons. The molecule has 1 nitrogen and oxygen atoms in total. The van der Waals surface area contributed by atoms with Gasteiger partial charge in [0.05, 0.1) is 0 Å². The minimum absolute atomic E-state index is 0.269.